The highest BCUT2D eigenvalue weighted by molar-refractivity contribution is 5.73. The molecule has 0 amide bonds. The fourth-order valence-corrected chi connectivity index (χ4v) is 1.76. The number of carbonyl (C=O) groups is 1. The molecular weight excluding hydrogens is 166 g/mol. The van der Waals surface area contributed by atoms with Crippen LogP contribution in [-0.4, -0.2) is 35.1 Å². The van der Waals surface area contributed by atoms with Gasteiger partial charge in [0, 0.05) is 6.04 Å². The molecule has 78 valence electrons. The summed E-state index contributed by atoms with van der Waals surface area (Å²) in [4.78, 5) is 12.8. The summed E-state index contributed by atoms with van der Waals surface area (Å²) < 4.78 is 0. The lowest BCUT2D eigenvalue weighted by atomic mass is 10.1. The van der Waals surface area contributed by atoms with E-state index in [0.29, 0.717) is 12.5 Å². The highest BCUT2D eigenvalue weighted by atomic mass is 16.4. The summed E-state index contributed by atoms with van der Waals surface area (Å²) >= 11 is 0. The van der Waals surface area contributed by atoms with Crippen LogP contribution in [0.2, 0.25) is 0 Å². The molecule has 0 radical (unpaired) electrons. The van der Waals surface area contributed by atoms with Crippen molar-refractivity contribution in [2.24, 2.45) is 0 Å². The van der Waals surface area contributed by atoms with Crippen LogP contribution in [-0.2, 0) is 4.79 Å². The van der Waals surface area contributed by atoms with E-state index in [-0.39, 0.29) is 6.04 Å². The van der Waals surface area contributed by atoms with E-state index < -0.39 is 5.97 Å². The molecule has 0 aliphatic rings. The Morgan fingerprint density at radius 3 is 1.92 bits per heavy atom. The Labute approximate surface area is 80.7 Å². The van der Waals surface area contributed by atoms with Crippen molar-refractivity contribution >= 4 is 5.97 Å². The second-order valence-electron chi connectivity index (χ2n) is 3.40. The van der Waals surface area contributed by atoms with Crippen LogP contribution in [0, 0.1) is 0 Å². The summed E-state index contributed by atoms with van der Waals surface area (Å²) in [7, 11) is 1.90. The zero-order valence-electron chi connectivity index (χ0n) is 9.08. The fraction of sp³-hybridized carbons (Fsp3) is 0.900. The van der Waals surface area contributed by atoms with Crippen LogP contribution >= 0.6 is 0 Å². The minimum Gasteiger partial charge on any atom is -0.480 e. The van der Waals surface area contributed by atoms with Gasteiger partial charge in [0.15, 0.2) is 0 Å². The molecule has 13 heavy (non-hydrogen) atoms. The quantitative estimate of drug-likeness (QED) is 0.691. The Bertz CT molecular complexity index is 155. The lowest BCUT2D eigenvalue weighted by molar-refractivity contribution is -0.143. The molecule has 0 aliphatic heterocycles. The number of carboxylic acid groups (broad SMARTS) is 1. The fourth-order valence-electron chi connectivity index (χ4n) is 1.76. The van der Waals surface area contributed by atoms with Gasteiger partial charge in [0.25, 0.3) is 0 Å². The Morgan fingerprint density at radius 1 is 1.23 bits per heavy atom. The van der Waals surface area contributed by atoms with Crippen LogP contribution in [0.3, 0.4) is 0 Å². The van der Waals surface area contributed by atoms with Crippen molar-refractivity contribution in [3.63, 3.8) is 0 Å². The standard InChI is InChI=1S/C10H21NO2/c1-5-8(6-2)11(4)9(7-3)10(12)13/h8-9H,5-7H2,1-4H3,(H,12,13). The van der Waals surface area contributed by atoms with Gasteiger partial charge < -0.3 is 5.11 Å². The Hall–Kier alpha value is -0.570. The van der Waals surface area contributed by atoms with E-state index in [4.69, 9.17) is 5.11 Å². The van der Waals surface area contributed by atoms with E-state index in [1.54, 1.807) is 0 Å². The smallest absolute Gasteiger partial charge is 0.320 e. The first-order valence-corrected chi connectivity index (χ1v) is 5.03. The molecule has 0 heterocycles. The minimum absolute atomic E-state index is 0.329. The largest absolute Gasteiger partial charge is 0.480 e. The number of aliphatic carboxylic acids is 1. The third-order valence-electron chi connectivity index (χ3n) is 2.68. The Kier molecular flexibility index (Phi) is 5.71. The molecule has 0 fully saturated rings. The van der Waals surface area contributed by atoms with Crippen molar-refractivity contribution in [1.29, 1.82) is 0 Å². The molecule has 0 rings (SSSR count). The van der Waals surface area contributed by atoms with E-state index in [1.807, 2.05) is 18.9 Å². The highest BCUT2D eigenvalue weighted by Crippen LogP contribution is 2.12. The van der Waals surface area contributed by atoms with Gasteiger partial charge in [-0.25, -0.2) is 0 Å². The second-order valence-corrected chi connectivity index (χ2v) is 3.40. The molecule has 3 nitrogen and oxygen atoms in total. The van der Waals surface area contributed by atoms with Gasteiger partial charge in [-0.3, -0.25) is 9.69 Å². The molecule has 1 N–H and O–H groups in total. The van der Waals surface area contributed by atoms with E-state index in [2.05, 4.69) is 13.8 Å². The van der Waals surface area contributed by atoms with Crippen molar-refractivity contribution in [3.8, 4) is 0 Å². The predicted molar refractivity (Wildman–Crippen MR) is 53.8 cm³/mol. The van der Waals surface area contributed by atoms with E-state index >= 15 is 0 Å². The van der Waals surface area contributed by atoms with Crippen molar-refractivity contribution in [3.05, 3.63) is 0 Å². The molecule has 0 bridgehead atoms. The zero-order chi connectivity index (χ0) is 10.4. The van der Waals surface area contributed by atoms with E-state index in [0.717, 1.165) is 12.8 Å². The number of carboxylic acids is 1. The highest BCUT2D eigenvalue weighted by Gasteiger charge is 2.24. The summed E-state index contributed by atoms with van der Waals surface area (Å²) in [6, 6.07) is 0.0611. The third-order valence-corrected chi connectivity index (χ3v) is 2.68. The van der Waals surface area contributed by atoms with Gasteiger partial charge >= 0.3 is 5.97 Å². The number of likely N-dealkylation sites (N-methyl/N-ethyl adjacent to an activating group) is 1. The van der Waals surface area contributed by atoms with Crippen LogP contribution in [0.5, 0.6) is 0 Å². The summed E-state index contributed by atoms with van der Waals surface area (Å²) in [5, 5.41) is 8.94. The van der Waals surface area contributed by atoms with Crippen LogP contribution in [0.15, 0.2) is 0 Å². The van der Waals surface area contributed by atoms with Gasteiger partial charge in [0.05, 0.1) is 0 Å². The molecule has 0 aromatic heterocycles. The molecule has 0 saturated carbocycles. The molecule has 1 atom stereocenters. The van der Waals surface area contributed by atoms with E-state index in [9.17, 15) is 4.79 Å². The van der Waals surface area contributed by atoms with Crippen molar-refractivity contribution in [2.45, 2.75) is 52.1 Å². The number of nitrogens with zero attached hydrogens (tertiary/aromatic N) is 1. The minimum atomic E-state index is -0.711. The van der Waals surface area contributed by atoms with Gasteiger partial charge in [0.2, 0.25) is 0 Å². The van der Waals surface area contributed by atoms with Gasteiger partial charge in [-0.1, -0.05) is 20.8 Å². The van der Waals surface area contributed by atoms with Crippen molar-refractivity contribution in [1.82, 2.24) is 4.90 Å². The third kappa shape index (κ3) is 3.35. The first-order chi connectivity index (χ1) is 6.08. The van der Waals surface area contributed by atoms with Gasteiger partial charge in [-0.2, -0.15) is 0 Å². The molecule has 0 spiro atoms. The molecular formula is C10H21NO2. The second kappa shape index (κ2) is 5.97. The lowest BCUT2D eigenvalue weighted by Crippen LogP contribution is -2.44. The van der Waals surface area contributed by atoms with E-state index in [1.165, 1.54) is 0 Å². The summed E-state index contributed by atoms with van der Waals surface area (Å²) in [5.74, 6) is -0.711. The SMILES string of the molecule is CCC(CC)N(C)C(CC)C(=O)O. The van der Waals surface area contributed by atoms with Crippen LogP contribution in [0.1, 0.15) is 40.0 Å². The zero-order valence-corrected chi connectivity index (χ0v) is 9.08. The van der Waals surface area contributed by atoms with Crippen LogP contribution in [0.4, 0.5) is 0 Å². The number of rotatable bonds is 6. The number of hydrogen-bond donors (Lipinski definition) is 1. The predicted octanol–water partition coefficient (Wildman–Crippen LogP) is 1.97. The number of hydrogen-bond acceptors (Lipinski definition) is 2. The Morgan fingerprint density at radius 2 is 1.69 bits per heavy atom. The maximum absolute atomic E-state index is 10.9. The van der Waals surface area contributed by atoms with Gasteiger partial charge in [-0.15, -0.1) is 0 Å². The van der Waals surface area contributed by atoms with Crippen molar-refractivity contribution < 1.29 is 9.90 Å². The van der Waals surface area contributed by atoms with Gasteiger partial charge in [-0.05, 0) is 26.3 Å². The van der Waals surface area contributed by atoms with Gasteiger partial charge in [0.1, 0.15) is 6.04 Å². The lowest BCUT2D eigenvalue weighted by Gasteiger charge is -2.30. The summed E-state index contributed by atoms with van der Waals surface area (Å²) in [6.45, 7) is 6.11. The summed E-state index contributed by atoms with van der Waals surface area (Å²) in [5.41, 5.74) is 0. The monoisotopic (exact) mass is 187 g/mol. The molecule has 0 saturated heterocycles. The maximum Gasteiger partial charge on any atom is 0.320 e. The first kappa shape index (κ1) is 12.4. The molecule has 1 unspecified atom stereocenters. The average Bonchev–Trinajstić information content (AvgIpc) is 2.07. The first-order valence-electron chi connectivity index (χ1n) is 5.03. The van der Waals surface area contributed by atoms with Crippen molar-refractivity contribution in [2.75, 3.05) is 7.05 Å². The van der Waals surface area contributed by atoms with Crippen LogP contribution in [0.25, 0.3) is 0 Å². The van der Waals surface area contributed by atoms with Crippen LogP contribution < -0.4 is 0 Å². The normalized spacial score (nSPS) is 13.7. The Balaban J connectivity index is 4.33. The molecule has 0 aromatic carbocycles. The summed E-state index contributed by atoms with van der Waals surface area (Å²) in [6.07, 6.45) is 2.69. The molecule has 0 aromatic rings. The molecule has 3 heteroatoms. The maximum atomic E-state index is 10.9. The topological polar surface area (TPSA) is 40.5 Å². The average molecular weight is 187 g/mol. The molecule has 0 aliphatic carbocycles.